The third-order valence-corrected chi connectivity index (χ3v) is 3.59. The summed E-state index contributed by atoms with van der Waals surface area (Å²) in [5, 5.41) is 16.7. The number of hydrogen-bond donors (Lipinski definition) is 4. The second kappa shape index (κ2) is 21.1. The van der Waals surface area contributed by atoms with E-state index in [-0.39, 0.29) is 31.0 Å². The van der Waals surface area contributed by atoms with Gasteiger partial charge in [0.1, 0.15) is 6.10 Å². The average molecular weight is 366 g/mol. The standard InChI is InChI=1S/C12H26.C3H9O6P.Na.H/c1-3-5-7-9-11-12-10-8-6-4-2;4-1-3(5)2-9-10(6,7)8;;/h3-12H2,1-2H3;3-5H,1-2H2,(H2,6,7,8);;/q;;+1;-1. The summed E-state index contributed by atoms with van der Waals surface area (Å²) in [6.07, 6.45) is 13.2. The molecule has 6 nitrogen and oxygen atoms in total. The first kappa shape index (κ1) is 28.8. The third kappa shape index (κ3) is 31.3. The molecule has 8 heteroatoms. The summed E-state index contributed by atoms with van der Waals surface area (Å²) in [6.45, 7) is 3.41. The molecule has 0 aromatic rings. The van der Waals surface area contributed by atoms with E-state index in [1.54, 1.807) is 0 Å². The quantitative estimate of drug-likeness (QED) is 0.215. The summed E-state index contributed by atoms with van der Waals surface area (Å²) in [4.78, 5) is 16.1. The third-order valence-electron chi connectivity index (χ3n) is 3.10. The Labute approximate surface area is 165 Å². The predicted molar refractivity (Wildman–Crippen MR) is 89.7 cm³/mol. The Bertz CT molecular complexity index is 258. The van der Waals surface area contributed by atoms with Crippen LogP contribution in [0.5, 0.6) is 0 Å². The van der Waals surface area contributed by atoms with Crippen molar-refractivity contribution in [2.45, 2.75) is 84.2 Å². The molecule has 1 unspecified atom stereocenters. The smallest absolute Gasteiger partial charge is 1.00 e. The number of phosphoric acid groups is 1. The summed E-state index contributed by atoms with van der Waals surface area (Å²) in [5.41, 5.74) is 0. The fraction of sp³-hybridized carbons (Fsp3) is 1.00. The molecule has 4 N–H and O–H groups in total. The van der Waals surface area contributed by atoms with Gasteiger partial charge in [0.05, 0.1) is 13.2 Å². The Morgan fingerprint density at radius 1 is 0.913 bits per heavy atom. The zero-order valence-electron chi connectivity index (χ0n) is 16.1. The molecule has 0 spiro atoms. The van der Waals surface area contributed by atoms with Gasteiger partial charge in [-0.05, 0) is 0 Å². The number of rotatable bonds is 13. The van der Waals surface area contributed by atoms with Crippen molar-refractivity contribution in [2.24, 2.45) is 0 Å². The van der Waals surface area contributed by atoms with Crippen molar-refractivity contribution < 1.29 is 60.1 Å². The molecule has 0 amide bonds. The molecule has 0 bridgehead atoms. The van der Waals surface area contributed by atoms with Crippen LogP contribution in [0.1, 0.15) is 79.5 Å². The Hall–Kier alpha value is 1.03. The molecule has 1 atom stereocenters. The van der Waals surface area contributed by atoms with Gasteiger partial charge in [0.15, 0.2) is 0 Å². The average Bonchev–Trinajstić information content (AvgIpc) is 2.47. The van der Waals surface area contributed by atoms with E-state index in [9.17, 15) is 4.57 Å². The van der Waals surface area contributed by atoms with Gasteiger partial charge in [-0.1, -0.05) is 78.1 Å². The molecule has 0 aromatic heterocycles. The van der Waals surface area contributed by atoms with Gasteiger partial charge < -0.3 is 21.4 Å². The molecule has 0 fully saturated rings. The van der Waals surface area contributed by atoms with Gasteiger partial charge in [-0.3, -0.25) is 4.52 Å². The number of unbranched alkanes of at least 4 members (excludes halogenated alkanes) is 9. The minimum atomic E-state index is -4.50. The van der Waals surface area contributed by atoms with E-state index in [4.69, 9.17) is 20.0 Å². The van der Waals surface area contributed by atoms with Gasteiger partial charge in [0, 0.05) is 0 Å². The monoisotopic (exact) mass is 366 g/mol. The summed E-state index contributed by atoms with van der Waals surface area (Å²) in [6, 6.07) is 0. The van der Waals surface area contributed by atoms with Gasteiger partial charge >= 0.3 is 37.4 Å². The van der Waals surface area contributed by atoms with Crippen molar-refractivity contribution in [3.63, 3.8) is 0 Å². The fourth-order valence-electron chi connectivity index (χ4n) is 1.80. The van der Waals surface area contributed by atoms with Crippen LogP contribution in [0.3, 0.4) is 0 Å². The molecule has 0 heterocycles. The van der Waals surface area contributed by atoms with Crippen LogP contribution in [0, 0.1) is 0 Å². The van der Waals surface area contributed by atoms with Gasteiger partial charge in [0.2, 0.25) is 0 Å². The van der Waals surface area contributed by atoms with Crippen LogP contribution in [0.4, 0.5) is 0 Å². The first-order valence-corrected chi connectivity index (χ1v) is 9.89. The van der Waals surface area contributed by atoms with Gasteiger partial charge in [-0.2, -0.15) is 0 Å². The van der Waals surface area contributed by atoms with Crippen LogP contribution in [0.25, 0.3) is 0 Å². The summed E-state index contributed by atoms with van der Waals surface area (Å²) in [5.74, 6) is 0. The van der Waals surface area contributed by atoms with E-state index in [0.717, 1.165) is 0 Å². The number of hydrogen-bond acceptors (Lipinski definition) is 4. The Kier molecular flexibility index (Phi) is 26.4. The van der Waals surface area contributed by atoms with Crippen molar-refractivity contribution >= 4 is 7.82 Å². The number of aliphatic hydroxyl groups is 2. The summed E-state index contributed by atoms with van der Waals surface area (Å²) >= 11 is 0. The first-order valence-electron chi connectivity index (χ1n) is 8.36. The van der Waals surface area contributed by atoms with E-state index >= 15 is 0 Å². The van der Waals surface area contributed by atoms with Crippen LogP contribution in [-0.4, -0.2) is 39.3 Å². The molecular weight excluding hydrogens is 330 g/mol. The minimum Gasteiger partial charge on any atom is -1.00 e. The van der Waals surface area contributed by atoms with Crippen molar-refractivity contribution in [1.29, 1.82) is 0 Å². The molecule has 0 rings (SSSR count). The molecule has 0 radical (unpaired) electrons. The van der Waals surface area contributed by atoms with Crippen molar-refractivity contribution in [3.8, 4) is 0 Å². The van der Waals surface area contributed by atoms with Crippen LogP contribution < -0.4 is 29.6 Å². The first-order chi connectivity index (χ1) is 10.4. The van der Waals surface area contributed by atoms with Gasteiger partial charge in [-0.15, -0.1) is 0 Å². The molecule has 0 saturated carbocycles. The predicted octanol–water partition coefficient (Wildman–Crippen LogP) is 0.493. The molecule has 0 aliphatic heterocycles. The Morgan fingerprint density at radius 2 is 1.26 bits per heavy atom. The largest absolute Gasteiger partial charge is 1.00 e. The molecule has 138 valence electrons. The molecular formula is C15H36NaO6P. The van der Waals surface area contributed by atoms with E-state index in [1.807, 2.05) is 0 Å². The van der Waals surface area contributed by atoms with Crippen molar-refractivity contribution in [3.05, 3.63) is 0 Å². The maximum atomic E-state index is 9.93. The van der Waals surface area contributed by atoms with Gasteiger partial charge in [-0.25, -0.2) is 4.57 Å². The van der Waals surface area contributed by atoms with Crippen LogP contribution in [-0.2, 0) is 9.09 Å². The summed E-state index contributed by atoms with van der Waals surface area (Å²) < 4.78 is 13.8. The molecule has 0 aliphatic carbocycles. The zero-order valence-corrected chi connectivity index (χ0v) is 18.0. The van der Waals surface area contributed by atoms with E-state index in [1.165, 1.54) is 64.2 Å². The second-order valence-corrected chi connectivity index (χ2v) is 6.69. The molecule has 0 saturated heterocycles. The molecule has 0 aliphatic rings. The maximum absolute atomic E-state index is 9.93. The van der Waals surface area contributed by atoms with Gasteiger partial charge in [0.25, 0.3) is 0 Å². The van der Waals surface area contributed by atoms with E-state index in [0.29, 0.717) is 0 Å². The van der Waals surface area contributed by atoms with Crippen LogP contribution in [0.15, 0.2) is 0 Å². The normalized spacial score (nSPS) is 12.1. The van der Waals surface area contributed by atoms with Crippen LogP contribution in [0.2, 0.25) is 0 Å². The Morgan fingerprint density at radius 3 is 1.52 bits per heavy atom. The number of aliphatic hydroxyl groups excluding tert-OH is 2. The second-order valence-electron chi connectivity index (χ2n) is 5.45. The molecule has 23 heavy (non-hydrogen) atoms. The van der Waals surface area contributed by atoms with E-state index in [2.05, 4.69) is 18.4 Å². The fourth-order valence-corrected chi connectivity index (χ4v) is 2.16. The Balaban J connectivity index is -0.000000156. The molecule has 0 aromatic carbocycles. The minimum absolute atomic E-state index is 0. The maximum Gasteiger partial charge on any atom is 1.00 e. The van der Waals surface area contributed by atoms with Crippen LogP contribution >= 0.6 is 7.82 Å². The van der Waals surface area contributed by atoms with E-state index < -0.39 is 27.1 Å². The van der Waals surface area contributed by atoms with Crippen molar-refractivity contribution in [1.82, 2.24) is 0 Å². The SMILES string of the molecule is CCCCCCCCCCCC.O=P(O)(O)OCC(O)CO.[H-].[Na+]. The number of phosphoric ester groups is 1. The zero-order chi connectivity index (χ0) is 17.3. The summed E-state index contributed by atoms with van der Waals surface area (Å²) in [7, 11) is -4.50. The van der Waals surface area contributed by atoms with Crippen molar-refractivity contribution in [2.75, 3.05) is 13.2 Å². The topological polar surface area (TPSA) is 107 Å².